The van der Waals surface area contributed by atoms with Crippen molar-refractivity contribution in [2.24, 2.45) is 0 Å². The summed E-state index contributed by atoms with van der Waals surface area (Å²) in [4.78, 5) is 4.47. The third-order valence-electron chi connectivity index (χ3n) is 4.27. The van der Waals surface area contributed by atoms with Gasteiger partial charge in [0, 0.05) is 12.7 Å². The first-order valence-corrected chi connectivity index (χ1v) is 9.67. The number of hydrogen-bond acceptors (Lipinski definition) is 4. The van der Waals surface area contributed by atoms with Gasteiger partial charge < -0.3 is 15.4 Å². The van der Waals surface area contributed by atoms with Gasteiger partial charge in [-0.2, -0.15) is 0 Å². The van der Waals surface area contributed by atoms with Crippen LogP contribution in [0.5, 0.6) is 0 Å². The van der Waals surface area contributed by atoms with Crippen molar-refractivity contribution in [3.8, 4) is 0 Å². The van der Waals surface area contributed by atoms with Gasteiger partial charge in [0.25, 0.3) is 0 Å². The standard InChI is InChI=1S/C21H30ClN3O/c1-5-23-11-10-18-7-9-20(22)21(16(18)4)25-13-17-6-8-19(24-12-17)14-26-15(2)3/h6-9,12,15,23,25H,5,10-11,13-14H2,1-4H3. The lowest BCUT2D eigenvalue weighted by molar-refractivity contribution is 0.0636. The molecule has 0 aliphatic rings. The molecule has 142 valence electrons. The van der Waals surface area contributed by atoms with Gasteiger partial charge in [0.15, 0.2) is 0 Å². The fourth-order valence-electron chi connectivity index (χ4n) is 2.70. The Morgan fingerprint density at radius 2 is 2.00 bits per heavy atom. The molecule has 26 heavy (non-hydrogen) atoms. The van der Waals surface area contributed by atoms with Crippen molar-refractivity contribution in [2.75, 3.05) is 18.4 Å². The van der Waals surface area contributed by atoms with Crippen LogP contribution < -0.4 is 10.6 Å². The zero-order chi connectivity index (χ0) is 18.9. The molecule has 1 heterocycles. The first-order chi connectivity index (χ1) is 12.5. The molecule has 2 aromatic rings. The maximum atomic E-state index is 6.41. The highest BCUT2D eigenvalue weighted by atomic mass is 35.5. The Morgan fingerprint density at radius 1 is 1.19 bits per heavy atom. The molecule has 0 aliphatic heterocycles. The van der Waals surface area contributed by atoms with Crippen molar-refractivity contribution in [2.45, 2.75) is 53.4 Å². The summed E-state index contributed by atoms with van der Waals surface area (Å²) in [6.07, 6.45) is 3.10. The summed E-state index contributed by atoms with van der Waals surface area (Å²) in [5.74, 6) is 0. The SMILES string of the molecule is CCNCCc1ccc(Cl)c(NCc2ccc(COC(C)C)nc2)c1C. The molecular formula is C21H30ClN3O. The molecule has 1 aromatic heterocycles. The predicted octanol–water partition coefficient (Wildman–Crippen LogP) is 4.73. The quantitative estimate of drug-likeness (QED) is 0.589. The van der Waals surface area contributed by atoms with Gasteiger partial charge in [-0.1, -0.05) is 30.7 Å². The van der Waals surface area contributed by atoms with Gasteiger partial charge in [0.1, 0.15) is 0 Å². The molecule has 0 unspecified atom stereocenters. The van der Waals surface area contributed by atoms with Crippen LogP contribution in [0.4, 0.5) is 5.69 Å². The molecular weight excluding hydrogens is 346 g/mol. The summed E-state index contributed by atoms with van der Waals surface area (Å²) < 4.78 is 5.58. The molecule has 0 bridgehead atoms. The number of nitrogens with one attached hydrogen (secondary N) is 2. The molecule has 0 saturated heterocycles. The minimum Gasteiger partial charge on any atom is -0.379 e. The van der Waals surface area contributed by atoms with E-state index in [4.69, 9.17) is 16.3 Å². The zero-order valence-electron chi connectivity index (χ0n) is 16.2. The lowest BCUT2D eigenvalue weighted by atomic mass is 10.0. The van der Waals surface area contributed by atoms with E-state index < -0.39 is 0 Å². The van der Waals surface area contributed by atoms with Crippen LogP contribution in [0, 0.1) is 6.92 Å². The van der Waals surface area contributed by atoms with E-state index in [2.05, 4.69) is 41.6 Å². The number of benzene rings is 1. The molecule has 0 amide bonds. The Labute approximate surface area is 162 Å². The topological polar surface area (TPSA) is 46.2 Å². The van der Waals surface area contributed by atoms with E-state index >= 15 is 0 Å². The molecule has 0 atom stereocenters. The predicted molar refractivity (Wildman–Crippen MR) is 110 cm³/mol. The Morgan fingerprint density at radius 3 is 2.65 bits per heavy atom. The smallest absolute Gasteiger partial charge is 0.0891 e. The van der Waals surface area contributed by atoms with Crippen molar-refractivity contribution in [1.29, 1.82) is 0 Å². The summed E-state index contributed by atoms with van der Waals surface area (Å²) in [5, 5.41) is 7.60. The van der Waals surface area contributed by atoms with Crippen LogP contribution in [0.15, 0.2) is 30.5 Å². The highest BCUT2D eigenvalue weighted by Gasteiger charge is 2.09. The summed E-state index contributed by atoms with van der Waals surface area (Å²) in [5.41, 5.74) is 5.60. The Balaban J connectivity index is 1.98. The monoisotopic (exact) mass is 375 g/mol. The minimum absolute atomic E-state index is 0.211. The highest BCUT2D eigenvalue weighted by Crippen LogP contribution is 2.29. The second kappa shape index (κ2) is 10.5. The molecule has 4 nitrogen and oxygen atoms in total. The van der Waals surface area contributed by atoms with Crippen molar-refractivity contribution in [3.05, 3.63) is 57.9 Å². The fraction of sp³-hybridized carbons (Fsp3) is 0.476. The van der Waals surface area contributed by atoms with Crippen LogP contribution in [0.1, 0.15) is 43.2 Å². The fourth-order valence-corrected chi connectivity index (χ4v) is 2.97. The largest absolute Gasteiger partial charge is 0.379 e. The van der Waals surface area contributed by atoms with Crippen LogP contribution in [0.25, 0.3) is 0 Å². The Kier molecular flexibility index (Phi) is 8.36. The number of hydrogen-bond donors (Lipinski definition) is 2. The average molecular weight is 376 g/mol. The summed E-state index contributed by atoms with van der Waals surface area (Å²) in [6, 6.07) is 8.19. The lowest BCUT2D eigenvalue weighted by Crippen LogP contribution is -2.16. The van der Waals surface area contributed by atoms with Gasteiger partial charge >= 0.3 is 0 Å². The van der Waals surface area contributed by atoms with E-state index in [1.807, 2.05) is 32.2 Å². The number of pyridine rings is 1. The second-order valence-electron chi connectivity index (χ2n) is 6.68. The first-order valence-electron chi connectivity index (χ1n) is 9.29. The number of likely N-dealkylation sites (N-methyl/N-ethyl adjacent to an activating group) is 1. The molecule has 0 saturated carbocycles. The van der Waals surface area contributed by atoms with Gasteiger partial charge in [-0.25, -0.2) is 0 Å². The molecule has 1 aromatic carbocycles. The molecule has 0 aliphatic carbocycles. The van der Waals surface area contributed by atoms with E-state index in [0.29, 0.717) is 13.2 Å². The summed E-state index contributed by atoms with van der Waals surface area (Å²) in [6.45, 7) is 11.5. The third-order valence-corrected chi connectivity index (χ3v) is 4.58. The molecule has 2 rings (SSSR count). The van der Waals surface area contributed by atoms with E-state index in [1.54, 1.807) is 0 Å². The summed E-state index contributed by atoms with van der Waals surface area (Å²) in [7, 11) is 0. The molecule has 0 spiro atoms. The van der Waals surface area contributed by atoms with Crippen LogP contribution >= 0.6 is 11.6 Å². The highest BCUT2D eigenvalue weighted by molar-refractivity contribution is 6.33. The summed E-state index contributed by atoms with van der Waals surface area (Å²) >= 11 is 6.41. The van der Waals surface area contributed by atoms with Crippen LogP contribution in [0.2, 0.25) is 5.02 Å². The van der Waals surface area contributed by atoms with E-state index in [0.717, 1.165) is 41.5 Å². The van der Waals surface area contributed by atoms with Crippen molar-refractivity contribution in [1.82, 2.24) is 10.3 Å². The van der Waals surface area contributed by atoms with Crippen molar-refractivity contribution in [3.63, 3.8) is 0 Å². The average Bonchev–Trinajstić information content (AvgIpc) is 2.63. The van der Waals surface area contributed by atoms with Crippen LogP contribution in [0.3, 0.4) is 0 Å². The number of ether oxygens (including phenoxy) is 1. The van der Waals surface area contributed by atoms with Crippen molar-refractivity contribution < 1.29 is 4.74 Å². The van der Waals surface area contributed by atoms with Gasteiger partial charge in [-0.3, -0.25) is 4.98 Å². The van der Waals surface area contributed by atoms with E-state index in [1.165, 1.54) is 11.1 Å². The van der Waals surface area contributed by atoms with Gasteiger partial charge in [0.05, 0.1) is 29.1 Å². The minimum atomic E-state index is 0.211. The molecule has 0 radical (unpaired) electrons. The number of aromatic nitrogens is 1. The maximum Gasteiger partial charge on any atom is 0.0891 e. The first kappa shape index (κ1) is 20.7. The molecule has 2 N–H and O–H groups in total. The number of halogens is 1. The molecule has 0 fully saturated rings. The maximum absolute atomic E-state index is 6.41. The molecule has 5 heteroatoms. The van der Waals surface area contributed by atoms with Crippen molar-refractivity contribution >= 4 is 17.3 Å². The van der Waals surface area contributed by atoms with Gasteiger partial charge in [0.2, 0.25) is 0 Å². The van der Waals surface area contributed by atoms with Gasteiger partial charge in [-0.15, -0.1) is 0 Å². The number of anilines is 1. The normalized spacial score (nSPS) is 11.2. The number of rotatable bonds is 10. The third kappa shape index (κ3) is 6.27. The van der Waals surface area contributed by atoms with Gasteiger partial charge in [-0.05, 0) is 69.1 Å². The van der Waals surface area contributed by atoms with Crippen LogP contribution in [-0.4, -0.2) is 24.2 Å². The second-order valence-corrected chi connectivity index (χ2v) is 7.09. The van der Waals surface area contributed by atoms with Crippen LogP contribution in [-0.2, 0) is 24.3 Å². The van der Waals surface area contributed by atoms with E-state index in [-0.39, 0.29) is 6.10 Å². The van der Waals surface area contributed by atoms with E-state index in [9.17, 15) is 0 Å². The zero-order valence-corrected chi connectivity index (χ0v) is 17.0. The Bertz CT molecular complexity index is 686. The lowest BCUT2D eigenvalue weighted by Gasteiger charge is -2.16. The number of nitrogens with zero attached hydrogens (tertiary/aromatic N) is 1. The Hall–Kier alpha value is -1.62.